The molecule has 1 aromatic heterocycles. The molecular formula is C40H46Cl2N4O6. The van der Waals surface area contributed by atoms with E-state index in [-0.39, 0.29) is 32.0 Å². The number of hydrogen-bond acceptors (Lipinski definition) is 10. The standard InChI is InChI=1S/C40H46Cl2N4O6/c1-39(42)35(31-7-3-2-4-8-31)9-5-11-40(39,52-15-6-12-45-13-10-34(48)24-45)28-51-38-19-37(50-26-30-17-29(20-43)21-44-22-30)32(18-36(38)41)23-46-14-16-49-27-33(46)25-47/h2-5,7-9,11,17-19,21-22,33-34,47-48H,6,10,12-16,23-28H2,1H3/t33-,34-,39?,40?/m1/s1. The van der Waals surface area contributed by atoms with Gasteiger partial charge in [-0.25, -0.2) is 0 Å². The van der Waals surface area contributed by atoms with Gasteiger partial charge < -0.3 is 34.1 Å². The minimum absolute atomic E-state index is 0.0378. The average molecular weight is 750 g/mol. The summed E-state index contributed by atoms with van der Waals surface area (Å²) in [5.41, 5.74) is 2.81. The van der Waals surface area contributed by atoms with Crippen molar-refractivity contribution in [2.45, 2.75) is 55.5 Å². The summed E-state index contributed by atoms with van der Waals surface area (Å²) >= 11 is 14.5. The van der Waals surface area contributed by atoms with Crippen LogP contribution < -0.4 is 9.47 Å². The number of likely N-dealkylation sites (tertiary alicyclic amines) is 1. The summed E-state index contributed by atoms with van der Waals surface area (Å²) in [6.45, 7) is 7.01. The number of nitriles is 1. The molecule has 4 atom stereocenters. The number of allylic oxidation sites excluding steroid dienone is 2. The quantitative estimate of drug-likeness (QED) is 0.150. The lowest BCUT2D eigenvalue weighted by Crippen LogP contribution is -2.55. The van der Waals surface area contributed by atoms with E-state index in [0.29, 0.717) is 61.5 Å². The van der Waals surface area contributed by atoms with E-state index in [2.05, 4.69) is 20.9 Å². The highest BCUT2D eigenvalue weighted by Crippen LogP contribution is 2.48. The lowest BCUT2D eigenvalue weighted by Gasteiger charge is -2.45. The lowest BCUT2D eigenvalue weighted by atomic mass is 9.76. The Morgan fingerprint density at radius 1 is 1.12 bits per heavy atom. The van der Waals surface area contributed by atoms with Gasteiger partial charge in [0, 0.05) is 68.9 Å². The van der Waals surface area contributed by atoms with Gasteiger partial charge in [0.15, 0.2) is 0 Å². The van der Waals surface area contributed by atoms with Gasteiger partial charge in [-0.1, -0.05) is 54.1 Å². The average Bonchev–Trinajstić information content (AvgIpc) is 3.58. The first-order valence-corrected chi connectivity index (χ1v) is 18.5. The highest BCUT2D eigenvalue weighted by molar-refractivity contribution is 6.32. The molecule has 2 N–H and O–H groups in total. The zero-order chi connectivity index (χ0) is 36.6. The first-order valence-electron chi connectivity index (χ1n) is 17.7. The molecule has 3 aromatic rings. The number of β-amino-alcohol motifs (C(OH)–C–C–N with tert-alkyl or cyclic N) is 1. The summed E-state index contributed by atoms with van der Waals surface area (Å²) in [6.07, 6.45) is 10.4. The van der Waals surface area contributed by atoms with Crippen LogP contribution in [0.2, 0.25) is 5.02 Å². The van der Waals surface area contributed by atoms with E-state index in [4.69, 9.17) is 42.1 Å². The Labute approximate surface area is 315 Å². The number of nitrogens with zero attached hydrogens (tertiary/aromatic N) is 4. The maximum atomic E-state index is 10.0. The van der Waals surface area contributed by atoms with Gasteiger partial charge in [-0.15, -0.1) is 11.6 Å². The highest BCUT2D eigenvalue weighted by atomic mass is 35.5. The predicted molar refractivity (Wildman–Crippen MR) is 201 cm³/mol. The maximum absolute atomic E-state index is 10.0. The third-order valence-corrected chi connectivity index (χ3v) is 10.9. The van der Waals surface area contributed by atoms with Crippen LogP contribution >= 0.6 is 23.2 Å². The van der Waals surface area contributed by atoms with Crippen LogP contribution in [0.3, 0.4) is 0 Å². The van der Waals surface area contributed by atoms with Gasteiger partial charge in [0.2, 0.25) is 0 Å². The Balaban J connectivity index is 1.27. The molecule has 0 bridgehead atoms. The third kappa shape index (κ3) is 8.99. The Hall–Kier alpha value is -3.50. The molecule has 1 aliphatic carbocycles. The highest BCUT2D eigenvalue weighted by Gasteiger charge is 2.51. The fourth-order valence-corrected chi connectivity index (χ4v) is 7.58. The van der Waals surface area contributed by atoms with Crippen molar-refractivity contribution in [3.05, 3.63) is 106 Å². The largest absolute Gasteiger partial charge is 0.488 e. The molecule has 12 heteroatoms. The summed E-state index contributed by atoms with van der Waals surface area (Å²) in [5, 5.41) is 29.8. The number of morpholine rings is 1. The SMILES string of the molecule is CC1(Cl)C(c2ccccc2)=CC=CC1(COc1cc(OCc2cncc(C#N)c2)c(CN2CCOC[C@H]2CO)cc1Cl)OCCCN1CC[C@@H](O)C1. The number of pyridine rings is 1. The second-order valence-electron chi connectivity index (χ2n) is 13.7. The molecule has 276 valence electrons. The number of hydrogen-bond donors (Lipinski definition) is 2. The van der Waals surface area contributed by atoms with Crippen molar-refractivity contribution in [3.8, 4) is 17.6 Å². The van der Waals surface area contributed by atoms with Crippen LogP contribution in [0, 0.1) is 11.3 Å². The zero-order valence-electron chi connectivity index (χ0n) is 29.4. The molecule has 3 aliphatic rings. The second kappa shape index (κ2) is 17.5. The van der Waals surface area contributed by atoms with Crippen molar-refractivity contribution in [2.24, 2.45) is 0 Å². The molecule has 2 aliphatic heterocycles. The Bertz CT molecular complexity index is 1770. The van der Waals surface area contributed by atoms with E-state index in [1.54, 1.807) is 18.3 Å². The van der Waals surface area contributed by atoms with Gasteiger partial charge in [0.25, 0.3) is 0 Å². The molecule has 0 amide bonds. The van der Waals surface area contributed by atoms with Crippen LogP contribution in [0.5, 0.6) is 11.5 Å². The number of alkyl halides is 1. The Morgan fingerprint density at radius 2 is 1.96 bits per heavy atom. The molecule has 0 spiro atoms. The Morgan fingerprint density at radius 3 is 2.73 bits per heavy atom. The number of aliphatic hydroxyl groups is 2. The number of aliphatic hydroxyl groups excluding tert-OH is 2. The molecule has 2 aromatic carbocycles. The topological polar surface area (TPSA) is 121 Å². The minimum atomic E-state index is -1.08. The number of halogens is 2. The van der Waals surface area contributed by atoms with Crippen LogP contribution in [0.4, 0.5) is 0 Å². The fraction of sp³-hybridized carbons (Fsp3) is 0.450. The van der Waals surface area contributed by atoms with Gasteiger partial charge in [-0.2, -0.15) is 5.26 Å². The summed E-state index contributed by atoms with van der Waals surface area (Å²) < 4.78 is 25.3. The van der Waals surface area contributed by atoms with Crippen LogP contribution in [0.15, 0.2) is 79.2 Å². The smallest absolute Gasteiger partial charge is 0.143 e. The van der Waals surface area contributed by atoms with Crippen molar-refractivity contribution < 1.29 is 29.2 Å². The summed E-state index contributed by atoms with van der Waals surface area (Å²) in [7, 11) is 0. The van der Waals surface area contributed by atoms with Crippen molar-refractivity contribution in [2.75, 3.05) is 59.2 Å². The van der Waals surface area contributed by atoms with Crippen LogP contribution in [-0.2, 0) is 22.6 Å². The first kappa shape index (κ1) is 38.2. The number of ether oxygens (including phenoxy) is 4. The van der Waals surface area contributed by atoms with Crippen molar-refractivity contribution in [3.63, 3.8) is 0 Å². The number of aromatic nitrogens is 1. The minimum Gasteiger partial charge on any atom is -0.488 e. The molecule has 3 heterocycles. The van der Waals surface area contributed by atoms with Gasteiger partial charge >= 0.3 is 0 Å². The monoisotopic (exact) mass is 748 g/mol. The van der Waals surface area contributed by atoms with E-state index in [1.807, 2.05) is 61.5 Å². The first-order chi connectivity index (χ1) is 25.2. The molecule has 10 nitrogen and oxygen atoms in total. The second-order valence-corrected chi connectivity index (χ2v) is 14.8. The van der Waals surface area contributed by atoms with Gasteiger partial charge in [-0.3, -0.25) is 9.88 Å². The van der Waals surface area contributed by atoms with Crippen LogP contribution in [0.1, 0.15) is 42.0 Å². The van der Waals surface area contributed by atoms with E-state index in [1.165, 1.54) is 6.20 Å². The summed E-state index contributed by atoms with van der Waals surface area (Å²) in [4.78, 5) is 7.55. The van der Waals surface area contributed by atoms with Gasteiger partial charge in [0.1, 0.15) is 41.3 Å². The molecule has 2 saturated heterocycles. The van der Waals surface area contributed by atoms with Gasteiger partial charge in [-0.05, 0) is 49.1 Å². The van der Waals surface area contributed by atoms with E-state index in [9.17, 15) is 15.5 Å². The fourth-order valence-electron chi connectivity index (χ4n) is 6.99. The van der Waals surface area contributed by atoms with E-state index in [0.717, 1.165) is 48.2 Å². The normalized spacial score (nSPS) is 25.1. The Kier molecular flexibility index (Phi) is 12.9. The van der Waals surface area contributed by atoms with Crippen molar-refractivity contribution in [1.82, 2.24) is 14.8 Å². The molecule has 0 saturated carbocycles. The molecule has 2 unspecified atom stereocenters. The van der Waals surface area contributed by atoms with Crippen LogP contribution in [-0.4, -0.2) is 107 Å². The molecule has 6 rings (SSSR count). The molecule has 2 fully saturated rings. The summed E-state index contributed by atoms with van der Waals surface area (Å²) in [6, 6.07) is 17.3. The van der Waals surface area contributed by atoms with Crippen molar-refractivity contribution >= 4 is 28.8 Å². The van der Waals surface area contributed by atoms with Crippen molar-refractivity contribution in [1.29, 1.82) is 5.26 Å². The molecular weight excluding hydrogens is 703 g/mol. The molecule has 52 heavy (non-hydrogen) atoms. The number of benzene rings is 2. The molecule has 0 radical (unpaired) electrons. The predicted octanol–water partition coefficient (Wildman–Crippen LogP) is 5.62. The van der Waals surface area contributed by atoms with Crippen LogP contribution in [0.25, 0.3) is 5.57 Å². The number of rotatable bonds is 15. The van der Waals surface area contributed by atoms with Gasteiger partial charge in [0.05, 0.1) is 42.6 Å². The zero-order valence-corrected chi connectivity index (χ0v) is 30.9. The van der Waals surface area contributed by atoms with E-state index >= 15 is 0 Å². The summed E-state index contributed by atoms with van der Waals surface area (Å²) in [5.74, 6) is 0.945. The van der Waals surface area contributed by atoms with E-state index < -0.39 is 10.5 Å². The lowest BCUT2D eigenvalue weighted by molar-refractivity contribution is -0.0540. The third-order valence-electron chi connectivity index (χ3n) is 10.0. The maximum Gasteiger partial charge on any atom is 0.143 e.